The largest absolute Gasteiger partial charge is 0.497 e. The van der Waals surface area contributed by atoms with Crippen LogP contribution in [0.15, 0.2) is 48.5 Å². The van der Waals surface area contributed by atoms with Gasteiger partial charge in [-0.2, -0.15) is 5.10 Å². The first-order valence-corrected chi connectivity index (χ1v) is 9.12. The van der Waals surface area contributed by atoms with Crippen LogP contribution in [0.5, 0.6) is 17.4 Å². The van der Waals surface area contributed by atoms with Crippen molar-refractivity contribution in [3.63, 3.8) is 0 Å². The van der Waals surface area contributed by atoms with Crippen LogP contribution in [0.4, 0.5) is 4.39 Å². The highest BCUT2D eigenvalue weighted by Gasteiger charge is 2.24. The number of aromatic hydroxyl groups is 1. The molecule has 1 amide bonds. The van der Waals surface area contributed by atoms with Gasteiger partial charge >= 0.3 is 5.97 Å². The molecule has 0 fully saturated rings. The van der Waals surface area contributed by atoms with Crippen LogP contribution in [0, 0.1) is 5.82 Å². The van der Waals surface area contributed by atoms with Crippen molar-refractivity contribution >= 4 is 11.9 Å². The van der Waals surface area contributed by atoms with Crippen molar-refractivity contribution in [3.8, 4) is 23.1 Å². The standard InChI is InChI=1S/C21H20FN3O6/c1-30-14-7-8-15(18(9-14)31-2)16(11-20(27)28)23-21(29)17-10-19(26)25(24-17)13-5-3-12(22)4-6-13/h3-10,16,26H,11H2,1-2H3,(H,23,29)(H,27,28). The summed E-state index contributed by atoms with van der Waals surface area (Å²) in [6.45, 7) is 0. The van der Waals surface area contributed by atoms with Crippen LogP contribution in [-0.2, 0) is 4.79 Å². The van der Waals surface area contributed by atoms with Crippen molar-refractivity contribution in [2.45, 2.75) is 12.5 Å². The van der Waals surface area contributed by atoms with Gasteiger partial charge in [0.05, 0.1) is 32.4 Å². The van der Waals surface area contributed by atoms with Crippen molar-refractivity contribution in [1.29, 1.82) is 0 Å². The van der Waals surface area contributed by atoms with Crippen LogP contribution >= 0.6 is 0 Å². The van der Waals surface area contributed by atoms with Gasteiger partial charge in [0.15, 0.2) is 5.69 Å². The van der Waals surface area contributed by atoms with Gasteiger partial charge in [0.2, 0.25) is 5.88 Å². The number of carbonyl (C=O) groups is 2. The molecule has 3 rings (SSSR count). The molecule has 9 nitrogen and oxygen atoms in total. The Hall–Kier alpha value is -4.08. The second kappa shape index (κ2) is 9.16. The number of halogens is 1. The zero-order valence-electron chi connectivity index (χ0n) is 16.7. The smallest absolute Gasteiger partial charge is 0.305 e. The number of methoxy groups -OCH3 is 2. The SMILES string of the molecule is COc1ccc(C(CC(=O)O)NC(=O)c2cc(O)n(-c3ccc(F)cc3)n2)c(OC)c1. The van der Waals surface area contributed by atoms with E-state index in [4.69, 9.17) is 9.47 Å². The Balaban J connectivity index is 1.89. The van der Waals surface area contributed by atoms with Crippen LogP contribution < -0.4 is 14.8 Å². The minimum absolute atomic E-state index is 0.148. The van der Waals surface area contributed by atoms with Gasteiger partial charge in [-0.3, -0.25) is 9.59 Å². The average molecular weight is 429 g/mol. The highest BCUT2D eigenvalue weighted by Crippen LogP contribution is 2.31. The number of benzene rings is 2. The number of carbonyl (C=O) groups excluding carboxylic acids is 1. The van der Waals surface area contributed by atoms with Crippen LogP contribution in [0.25, 0.3) is 5.69 Å². The number of carboxylic acids is 1. The molecule has 0 aliphatic heterocycles. The minimum atomic E-state index is -1.14. The van der Waals surface area contributed by atoms with Gasteiger partial charge in [-0.25, -0.2) is 9.07 Å². The molecule has 3 aromatic rings. The average Bonchev–Trinajstić information content (AvgIpc) is 3.14. The summed E-state index contributed by atoms with van der Waals surface area (Å²) >= 11 is 0. The summed E-state index contributed by atoms with van der Waals surface area (Å²) in [5, 5.41) is 26.1. The highest BCUT2D eigenvalue weighted by molar-refractivity contribution is 5.93. The van der Waals surface area contributed by atoms with Crippen LogP contribution in [0.1, 0.15) is 28.5 Å². The molecule has 0 saturated carbocycles. The summed E-state index contributed by atoms with van der Waals surface area (Å²) in [6.07, 6.45) is -0.418. The molecular formula is C21H20FN3O6. The Morgan fingerprint density at radius 1 is 1.13 bits per heavy atom. The van der Waals surface area contributed by atoms with Crippen LogP contribution in [0.2, 0.25) is 0 Å². The molecule has 1 aromatic heterocycles. The van der Waals surface area contributed by atoms with Gasteiger partial charge in [0.25, 0.3) is 5.91 Å². The lowest BCUT2D eigenvalue weighted by atomic mass is 10.0. The van der Waals surface area contributed by atoms with E-state index in [0.717, 1.165) is 10.7 Å². The maximum Gasteiger partial charge on any atom is 0.305 e. The number of aliphatic carboxylic acids is 1. The predicted molar refractivity (Wildman–Crippen MR) is 107 cm³/mol. The Morgan fingerprint density at radius 2 is 1.84 bits per heavy atom. The molecule has 0 saturated heterocycles. The summed E-state index contributed by atoms with van der Waals surface area (Å²) < 4.78 is 24.7. The van der Waals surface area contributed by atoms with E-state index in [1.54, 1.807) is 18.2 Å². The molecule has 3 N–H and O–H groups in total. The third-order valence-corrected chi connectivity index (χ3v) is 4.49. The number of nitrogens with one attached hydrogen (secondary N) is 1. The fourth-order valence-electron chi connectivity index (χ4n) is 3.01. The zero-order valence-corrected chi connectivity index (χ0v) is 16.7. The Morgan fingerprint density at radius 3 is 2.45 bits per heavy atom. The lowest BCUT2D eigenvalue weighted by Gasteiger charge is -2.20. The van der Waals surface area contributed by atoms with E-state index in [1.807, 2.05) is 0 Å². The topological polar surface area (TPSA) is 123 Å². The maximum atomic E-state index is 13.1. The number of nitrogens with zero attached hydrogens (tertiary/aromatic N) is 2. The summed E-state index contributed by atoms with van der Waals surface area (Å²) in [7, 11) is 2.90. The van der Waals surface area contributed by atoms with Crippen molar-refractivity contribution in [2.75, 3.05) is 14.2 Å². The lowest BCUT2D eigenvalue weighted by molar-refractivity contribution is -0.137. The minimum Gasteiger partial charge on any atom is -0.497 e. The van der Waals surface area contributed by atoms with Crippen molar-refractivity contribution in [3.05, 3.63) is 65.6 Å². The molecule has 1 unspecified atom stereocenters. The predicted octanol–water partition coefficient (Wildman–Crippen LogP) is 2.68. The quantitative estimate of drug-likeness (QED) is 0.503. The summed E-state index contributed by atoms with van der Waals surface area (Å²) in [6, 6.07) is 10.1. The van der Waals surface area contributed by atoms with Gasteiger partial charge < -0.3 is 25.0 Å². The van der Waals surface area contributed by atoms with Crippen LogP contribution in [0.3, 0.4) is 0 Å². The number of carboxylic acid groups (broad SMARTS) is 1. The molecule has 10 heteroatoms. The molecule has 0 bridgehead atoms. The van der Waals surface area contributed by atoms with Gasteiger partial charge in [-0.15, -0.1) is 0 Å². The molecule has 1 atom stereocenters. The maximum absolute atomic E-state index is 13.1. The molecule has 31 heavy (non-hydrogen) atoms. The molecule has 0 aliphatic rings. The fourth-order valence-corrected chi connectivity index (χ4v) is 3.01. The fraction of sp³-hybridized carbons (Fsp3) is 0.190. The first kappa shape index (κ1) is 21.6. The third kappa shape index (κ3) is 4.92. The van der Waals surface area contributed by atoms with Gasteiger partial charge in [-0.05, 0) is 36.4 Å². The molecule has 2 aromatic carbocycles. The number of rotatable bonds is 8. The summed E-state index contributed by atoms with van der Waals surface area (Å²) in [5.41, 5.74) is 0.628. The molecule has 0 radical (unpaired) electrons. The van der Waals surface area contributed by atoms with E-state index >= 15 is 0 Å². The molecular weight excluding hydrogens is 409 g/mol. The Kier molecular flexibility index (Phi) is 6.39. The summed E-state index contributed by atoms with van der Waals surface area (Å²) in [5.74, 6) is -1.80. The number of aromatic nitrogens is 2. The van der Waals surface area contributed by atoms with Crippen LogP contribution in [-0.4, -0.2) is 46.1 Å². The van der Waals surface area contributed by atoms with Crippen molar-refractivity contribution < 1.29 is 33.7 Å². The number of amides is 1. The van der Waals surface area contributed by atoms with E-state index in [-0.39, 0.29) is 11.6 Å². The second-order valence-electron chi connectivity index (χ2n) is 6.51. The molecule has 0 aliphatic carbocycles. The van der Waals surface area contributed by atoms with E-state index in [2.05, 4.69) is 10.4 Å². The van der Waals surface area contributed by atoms with Gasteiger partial charge in [0.1, 0.15) is 17.3 Å². The molecule has 0 spiro atoms. The normalized spacial score (nSPS) is 11.6. The zero-order chi connectivity index (χ0) is 22.5. The van der Waals surface area contributed by atoms with E-state index < -0.39 is 30.2 Å². The number of ether oxygens (including phenoxy) is 2. The number of hydrogen-bond donors (Lipinski definition) is 3. The Bertz CT molecular complexity index is 1100. The van der Waals surface area contributed by atoms with E-state index in [1.165, 1.54) is 38.5 Å². The van der Waals surface area contributed by atoms with E-state index in [9.17, 15) is 24.2 Å². The monoisotopic (exact) mass is 429 g/mol. The van der Waals surface area contributed by atoms with Gasteiger partial charge in [-0.1, -0.05) is 0 Å². The summed E-state index contributed by atoms with van der Waals surface area (Å²) in [4.78, 5) is 24.2. The molecule has 162 valence electrons. The lowest BCUT2D eigenvalue weighted by Crippen LogP contribution is -2.31. The van der Waals surface area contributed by atoms with Crippen molar-refractivity contribution in [2.24, 2.45) is 0 Å². The second-order valence-corrected chi connectivity index (χ2v) is 6.51. The first-order chi connectivity index (χ1) is 14.8. The Labute approximate surface area is 176 Å². The first-order valence-electron chi connectivity index (χ1n) is 9.12. The third-order valence-electron chi connectivity index (χ3n) is 4.49. The number of hydrogen-bond acceptors (Lipinski definition) is 6. The van der Waals surface area contributed by atoms with E-state index in [0.29, 0.717) is 22.7 Å². The van der Waals surface area contributed by atoms with Gasteiger partial charge in [0, 0.05) is 17.7 Å². The molecule has 1 heterocycles. The van der Waals surface area contributed by atoms with Crippen molar-refractivity contribution in [1.82, 2.24) is 15.1 Å². The highest BCUT2D eigenvalue weighted by atomic mass is 19.1.